The Labute approximate surface area is 157 Å². The van der Waals surface area contributed by atoms with E-state index in [1.54, 1.807) is 19.1 Å². The van der Waals surface area contributed by atoms with Crippen LogP contribution in [0.1, 0.15) is 43.7 Å². The van der Waals surface area contributed by atoms with Gasteiger partial charge in [-0.25, -0.2) is 4.79 Å². The lowest BCUT2D eigenvalue weighted by molar-refractivity contribution is 0.0532. The van der Waals surface area contributed by atoms with Crippen molar-refractivity contribution >= 4 is 17.3 Å². The monoisotopic (exact) mass is 366 g/mol. The van der Waals surface area contributed by atoms with Crippen LogP contribution in [0, 0.1) is 13.8 Å². The Morgan fingerprint density at radius 1 is 0.923 bits per heavy atom. The van der Waals surface area contributed by atoms with Crippen LogP contribution in [-0.4, -0.2) is 17.7 Å². The Bertz CT molecular complexity index is 846. The molecule has 1 heterocycles. The molecule has 0 saturated heterocycles. The number of carbonyl (C=O) groups is 1. The summed E-state index contributed by atoms with van der Waals surface area (Å²) in [6.45, 7) is 6.13. The number of aryl methyl sites for hydroxylation is 2. The highest BCUT2D eigenvalue weighted by Crippen LogP contribution is 2.40. The molecule has 0 atom stereocenters. The molecule has 0 amide bonds. The fraction of sp³-hybridized carbons (Fsp3) is 0.227. The normalized spacial score (nSPS) is 11.4. The summed E-state index contributed by atoms with van der Waals surface area (Å²) in [6.07, 6.45) is 0. The summed E-state index contributed by atoms with van der Waals surface area (Å²) < 4.78 is 5.09. The van der Waals surface area contributed by atoms with Gasteiger partial charge >= 0.3 is 5.97 Å². The molecule has 3 rings (SSSR count). The van der Waals surface area contributed by atoms with Crippen molar-refractivity contribution in [1.82, 2.24) is 0 Å². The van der Waals surface area contributed by atoms with Crippen molar-refractivity contribution < 1.29 is 14.6 Å². The molecule has 3 aromatic rings. The number of ether oxygens (including phenoxy) is 1. The molecular weight excluding hydrogens is 344 g/mol. The van der Waals surface area contributed by atoms with Crippen LogP contribution in [0.4, 0.5) is 0 Å². The maximum absolute atomic E-state index is 12.1. The summed E-state index contributed by atoms with van der Waals surface area (Å²) in [7, 11) is 0. The molecule has 0 fully saturated rings. The van der Waals surface area contributed by atoms with Gasteiger partial charge in [0.2, 0.25) is 0 Å². The zero-order valence-corrected chi connectivity index (χ0v) is 16.0. The van der Waals surface area contributed by atoms with E-state index in [0.29, 0.717) is 16.4 Å². The molecule has 1 N–H and O–H groups in total. The van der Waals surface area contributed by atoms with Crippen LogP contribution in [0.2, 0.25) is 0 Å². The molecule has 0 radical (unpaired) electrons. The lowest BCUT2D eigenvalue weighted by atomic mass is 9.84. The fourth-order valence-corrected chi connectivity index (χ4v) is 3.92. The highest BCUT2D eigenvalue weighted by molar-refractivity contribution is 7.14. The summed E-state index contributed by atoms with van der Waals surface area (Å²) in [4.78, 5) is 13.2. The van der Waals surface area contributed by atoms with E-state index in [4.69, 9.17) is 4.74 Å². The molecule has 1 aromatic heterocycles. The predicted molar refractivity (Wildman–Crippen MR) is 105 cm³/mol. The molecule has 0 aliphatic rings. The maximum Gasteiger partial charge on any atom is 0.348 e. The van der Waals surface area contributed by atoms with Crippen molar-refractivity contribution in [1.29, 1.82) is 0 Å². The highest BCUT2D eigenvalue weighted by atomic mass is 32.1. The van der Waals surface area contributed by atoms with Gasteiger partial charge in [-0.2, -0.15) is 0 Å². The topological polar surface area (TPSA) is 46.5 Å². The van der Waals surface area contributed by atoms with Crippen molar-refractivity contribution in [2.45, 2.75) is 26.4 Å². The predicted octanol–water partition coefficient (Wildman–Crippen LogP) is 4.83. The van der Waals surface area contributed by atoms with E-state index < -0.39 is 5.60 Å². The van der Waals surface area contributed by atoms with Gasteiger partial charge in [-0.3, -0.25) is 0 Å². The summed E-state index contributed by atoms with van der Waals surface area (Å²) >= 11 is 1.26. The van der Waals surface area contributed by atoms with E-state index in [2.05, 4.69) is 0 Å². The Balaban J connectivity index is 2.13. The minimum absolute atomic E-state index is 0.326. The van der Waals surface area contributed by atoms with Gasteiger partial charge in [0.1, 0.15) is 10.5 Å². The molecule has 0 unspecified atom stereocenters. The largest absolute Gasteiger partial charge is 0.462 e. The van der Waals surface area contributed by atoms with Crippen LogP contribution in [-0.2, 0) is 10.3 Å². The van der Waals surface area contributed by atoms with E-state index >= 15 is 0 Å². The van der Waals surface area contributed by atoms with Gasteiger partial charge in [0.05, 0.1) is 6.61 Å². The molecule has 0 spiro atoms. The van der Waals surface area contributed by atoms with E-state index in [0.717, 1.165) is 22.3 Å². The smallest absolute Gasteiger partial charge is 0.348 e. The fourth-order valence-electron chi connectivity index (χ4n) is 2.88. The molecule has 0 aliphatic heterocycles. The maximum atomic E-state index is 12.1. The van der Waals surface area contributed by atoms with Gasteiger partial charge in [-0.15, -0.1) is 11.3 Å². The average Bonchev–Trinajstić information content (AvgIpc) is 3.13. The van der Waals surface area contributed by atoms with Crippen molar-refractivity contribution in [2.75, 3.05) is 6.61 Å². The van der Waals surface area contributed by atoms with E-state index in [9.17, 15) is 9.90 Å². The first-order valence-electron chi connectivity index (χ1n) is 8.59. The first kappa shape index (κ1) is 18.4. The first-order valence-corrected chi connectivity index (χ1v) is 9.41. The van der Waals surface area contributed by atoms with Crippen molar-refractivity contribution in [3.63, 3.8) is 0 Å². The van der Waals surface area contributed by atoms with Gasteiger partial charge in [0, 0.05) is 4.88 Å². The molecular formula is C22H22O3S. The number of hydrogen-bond acceptors (Lipinski definition) is 4. The van der Waals surface area contributed by atoms with Gasteiger partial charge in [-0.05, 0) is 44.0 Å². The SMILES string of the molecule is CCOC(=O)c1ccc(C(O)(c2ccc(C)cc2)c2ccc(C)cc2)s1. The Hall–Kier alpha value is -2.43. The number of hydrogen-bond donors (Lipinski definition) is 1. The van der Waals surface area contributed by atoms with Gasteiger partial charge in [0.15, 0.2) is 0 Å². The molecule has 2 aromatic carbocycles. The number of rotatable bonds is 5. The Morgan fingerprint density at radius 3 is 1.88 bits per heavy atom. The number of aliphatic hydroxyl groups is 1. The van der Waals surface area contributed by atoms with Gasteiger partial charge in [-0.1, -0.05) is 59.7 Å². The third-order valence-electron chi connectivity index (χ3n) is 4.38. The third-order valence-corrected chi connectivity index (χ3v) is 5.55. The average molecular weight is 366 g/mol. The van der Waals surface area contributed by atoms with Crippen LogP contribution in [0.25, 0.3) is 0 Å². The minimum atomic E-state index is -1.32. The van der Waals surface area contributed by atoms with Crippen molar-refractivity contribution in [3.8, 4) is 0 Å². The van der Waals surface area contributed by atoms with Crippen molar-refractivity contribution in [2.24, 2.45) is 0 Å². The number of thiophene rings is 1. The molecule has 0 aliphatic carbocycles. The quantitative estimate of drug-likeness (QED) is 0.658. The Kier molecular flexibility index (Phi) is 5.25. The first-order chi connectivity index (χ1) is 12.4. The zero-order chi connectivity index (χ0) is 18.7. The van der Waals surface area contributed by atoms with Crippen LogP contribution >= 0.6 is 11.3 Å². The molecule has 4 heteroatoms. The van der Waals surface area contributed by atoms with Crippen LogP contribution in [0.5, 0.6) is 0 Å². The minimum Gasteiger partial charge on any atom is -0.462 e. The summed E-state index contributed by atoms with van der Waals surface area (Å²) in [5.74, 6) is -0.362. The summed E-state index contributed by atoms with van der Waals surface area (Å²) in [5, 5.41) is 11.8. The number of carbonyl (C=O) groups excluding carboxylic acids is 1. The second kappa shape index (κ2) is 7.44. The molecule has 26 heavy (non-hydrogen) atoms. The van der Waals surface area contributed by atoms with Crippen molar-refractivity contribution in [3.05, 3.63) is 92.7 Å². The third kappa shape index (κ3) is 3.43. The van der Waals surface area contributed by atoms with Crippen LogP contribution in [0.15, 0.2) is 60.7 Å². The van der Waals surface area contributed by atoms with Crippen LogP contribution in [0.3, 0.4) is 0 Å². The van der Waals surface area contributed by atoms with E-state index in [-0.39, 0.29) is 5.97 Å². The van der Waals surface area contributed by atoms with Gasteiger partial charge < -0.3 is 9.84 Å². The zero-order valence-electron chi connectivity index (χ0n) is 15.2. The van der Waals surface area contributed by atoms with Crippen LogP contribution < -0.4 is 0 Å². The Morgan fingerprint density at radius 2 is 1.42 bits per heavy atom. The summed E-state index contributed by atoms with van der Waals surface area (Å²) in [5.41, 5.74) is 2.46. The summed E-state index contributed by atoms with van der Waals surface area (Å²) in [6, 6.07) is 19.2. The highest BCUT2D eigenvalue weighted by Gasteiger charge is 2.35. The lowest BCUT2D eigenvalue weighted by Gasteiger charge is -2.28. The van der Waals surface area contributed by atoms with Gasteiger partial charge in [0.25, 0.3) is 0 Å². The molecule has 0 bridgehead atoms. The second-order valence-corrected chi connectivity index (χ2v) is 7.41. The lowest BCUT2D eigenvalue weighted by Crippen LogP contribution is -2.27. The second-order valence-electron chi connectivity index (χ2n) is 6.33. The van der Waals surface area contributed by atoms with E-state index in [1.165, 1.54) is 11.3 Å². The standard InChI is InChI=1S/C22H22O3S/c1-4-25-21(23)19-13-14-20(26-19)22(24,17-9-5-15(2)6-10-17)18-11-7-16(3)8-12-18/h5-14,24H,4H2,1-3H3. The molecule has 134 valence electrons. The number of benzene rings is 2. The van der Waals surface area contributed by atoms with E-state index in [1.807, 2.05) is 62.4 Å². The molecule has 3 nitrogen and oxygen atoms in total. The number of esters is 1. The molecule has 0 saturated carbocycles.